The van der Waals surface area contributed by atoms with E-state index in [1.54, 1.807) is 12.1 Å². The normalized spacial score (nSPS) is 11.3. The summed E-state index contributed by atoms with van der Waals surface area (Å²) in [5.74, 6) is 4.60. The Morgan fingerprint density at radius 2 is 1.95 bits per heavy atom. The van der Waals surface area contributed by atoms with E-state index in [-0.39, 0.29) is 11.4 Å². The van der Waals surface area contributed by atoms with Gasteiger partial charge in [0.1, 0.15) is 6.54 Å². The van der Waals surface area contributed by atoms with E-state index in [9.17, 15) is 13.2 Å². The van der Waals surface area contributed by atoms with Crippen LogP contribution >= 0.6 is 0 Å². The van der Waals surface area contributed by atoms with Gasteiger partial charge in [-0.3, -0.25) is 16.1 Å². The molecule has 0 fully saturated rings. The second-order valence-corrected chi connectivity index (χ2v) is 6.19. The van der Waals surface area contributed by atoms with Crippen LogP contribution < -0.4 is 16.0 Å². The number of carbonyl (C=O) groups is 1. The number of nitrogens with one attached hydrogen (secondary N) is 2. The number of nitrogens with two attached hydrogens (primary N) is 1. The lowest BCUT2D eigenvalue weighted by molar-refractivity contribution is -0.142. The number of ether oxygens (including phenoxy) is 1. The summed E-state index contributed by atoms with van der Waals surface area (Å²) in [7, 11) is -3.72. The van der Waals surface area contributed by atoms with E-state index in [1.807, 2.05) is 6.92 Å². The maximum Gasteiger partial charge on any atom is 0.321 e. The number of hydrazine groups is 1. The van der Waals surface area contributed by atoms with Crippen LogP contribution in [0.4, 0.5) is 0 Å². The summed E-state index contributed by atoms with van der Waals surface area (Å²) in [6.07, 6.45) is 1.66. The average molecular weight is 315 g/mol. The third-order valence-electron chi connectivity index (χ3n) is 2.71. The SMILES string of the molecule is CCCCOC(=O)CNS(=O)(=O)c1ccc(CNN)cc1. The highest BCUT2D eigenvalue weighted by atomic mass is 32.2. The molecule has 0 radical (unpaired) electrons. The molecule has 8 heteroatoms. The average Bonchev–Trinajstić information content (AvgIpc) is 2.46. The molecule has 0 amide bonds. The Morgan fingerprint density at radius 3 is 2.52 bits per heavy atom. The largest absolute Gasteiger partial charge is 0.465 e. The molecule has 1 rings (SSSR count). The fraction of sp³-hybridized carbons (Fsp3) is 0.462. The number of esters is 1. The van der Waals surface area contributed by atoms with Crippen molar-refractivity contribution in [2.24, 2.45) is 5.84 Å². The highest BCUT2D eigenvalue weighted by Crippen LogP contribution is 2.10. The molecule has 0 spiro atoms. The lowest BCUT2D eigenvalue weighted by atomic mass is 10.2. The van der Waals surface area contributed by atoms with Crippen molar-refractivity contribution in [1.29, 1.82) is 0 Å². The predicted molar refractivity (Wildman–Crippen MR) is 78.5 cm³/mol. The lowest BCUT2D eigenvalue weighted by Gasteiger charge is -2.08. The van der Waals surface area contributed by atoms with E-state index in [0.29, 0.717) is 13.2 Å². The summed E-state index contributed by atoms with van der Waals surface area (Å²) in [5.41, 5.74) is 3.34. The number of unbranched alkanes of at least 4 members (excludes halogenated alkanes) is 1. The van der Waals surface area contributed by atoms with Crippen LogP contribution in [-0.2, 0) is 26.1 Å². The van der Waals surface area contributed by atoms with Gasteiger partial charge < -0.3 is 4.74 Å². The molecule has 118 valence electrons. The van der Waals surface area contributed by atoms with Crippen LogP contribution in [0.5, 0.6) is 0 Å². The molecule has 1 aromatic rings. The van der Waals surface area contributed by atoms with E-state index in [1.165, 1.54) is 12.1 Å². The Kier molecular flexibility index (Phi) is 7.30. The second-order valence-electron chi connectivity index (χ2n) is 4.42. The Bertz CT molecular complexity index is 543. The summed E-state index contributed by atoms with van der Waals surface area (Å²) in [6.45, 7) is 2.34. The Morgan fingerprint density at radius 1 is 1.29 bits per heavy atom. The van der Waals surface area contributed by atoms with Crippen molar-refractivity contribution in [2.75, 3.05) is 13.2 Å². The van der Waals surface area contributed by atoms with E-state index >= 15 is 0 Å². The molecule has 0 saturated carbocycles. The zero-order valence-electron chi connectivity index (χ0n) is 12.0. The minimum Gasteiger partial charge on any atom is -0.465 e. The molecule has 0 aliphatic rings. The molecule has 0 bridgehead atoms. The number of sulfonamides is 1. The number of carbonyl (C=O) groups excluding carboxylic acids is 1. The van der Waals surface area contributed by atoms with Crippen molar-refractivity contribution < 1.29 is 17.9 Å². The van der Waals surface area contributed by atoms with Gasteiger partial charge in [0.25, 0.3) is 0 Å². The molecule has 0 aliphatic carbocycles. The molecule has 0 unspecified atom stereocenters. The lowest BCUT2D eigenvalue weighted by Crippen LogP contribution is -2.31. The minimum atomic E-state index is -3.72. The highest BCUT2D eigenvalue weighted by molar-refractivity contribution is 7.89. The van der Waals surface area contributed by atoms with Gasteiger partial charge in [-0.05, 0) is 24.1 Å². The van der Waals surface area contributed by atoms with Gasteiger partial charge >= 0.3 is 5.97 Å². The number of hydrogen-bond donors (Lipinski definition) is 3. The van der Waals surface area contributed by atoms with Crippen molar-refractivity contribution in [1.82, 2.24) is 10.1 Å². The number of rotatable bonds is 9. The van der Waals surface area contributed by atoms with E-state index in [4.69, 9.17) is 10.6 Å². The molecular formula is C13H21N3O4S. The summed E-state index contributed by atoms with van der Waals surface area (Å²) in [4.78, 5) is 11.5. The summed E-state index contributed by atoms with van der Waals surface area (Å²) < 4.78 is 31.0. The molecule has 4 N–H and O–H groups in total. The quantitative estimate of drug-likeness (QED) is 0.261. The summed E-state index contributed by atoms with van der Waals surface area (Å²) in [6, 6.07) is 6.21. The second kappa shape index (κ2) is 8.73. The molecule has 7 nitrogen and oxygen atoms in total. The van der Waals surface area contributed by atoms with Crippen molar-refractivity contribution in [3.63, 3.8) is 0 Å². The molecule has 0 heterocycles. The van der Waals surface area contributed by atoms with Gasteiger partial charge in [-0.25, -0.2) is 8.42 Å². The van der Waals surface area contributed by atoms with Gasteiger partial charge in [0.15, 0.2) is 0 Å². The molecule has 0 aliphatic heterocycles. The van der Waals surface area contributed by atoms with Crippen LogP contribution in [0.25, 0.3) is 0 Å². The first kappa shape index (κ1) is 17.6. The third-order valence-corrected chi connectivity index (χ3v) is 4.12. The molecule has 1 aromatic carbocycles. The zero-order valence-corrected chi connectivity index (χ0v) is 12.8. The summed E-state index contributed by atoms with van der Waals surface area (Å²) in [5, 5.41) is 0. The topological polar surface area (TPSA) is 111 Å². The van der Waals surface area contributed by atoms with E-state index in [0.717, 1.165) is 18.4 Å². The van der Waals surface area contributed by atoms with Crippen LogP contribution in [0.1, 0.15) is 25.3 Å². The fourth-order valence-corrected chi connectivity index (χ4v) is 2.49. The van der Waals surface area contributed by atoms with Gasteiger partial charge in [-0.15, -0.1) is 0 Å². The van der Waals surface area contributed by atoms with Crippen molar-refractivity contribution >= 4 is 16.0 Å². The molecule has 0 aromatic heterocycles. The third kappa shape index (κ3) is 6.21. The highest BCUT2D eigenvalue weighted by Gasteiger charge is 2.15. The smallest absolute Gasteiger partial charge is 0.321 e. The van der Waals surface area contributed by atoms with Gasteiger partial charge in [-0.1, -0.05) is 25.5 Å². The van der Waals surface area contributed by atoms with Crippen molar-refractivity contribution in [3.8, 4) is 0 Å². The van der Waals surface area contributed by atoms with Crippen LogP contribution in [0, 0.1) is 0 Å². The molecular weight excluding hydrogens is 294 g/mol. The van der Waals surface area contributed by atoms with E-state index in [2.05, 4.69) is 10.1 Å². The van der Waals surface area contributed by atoms with Gasteiger partial charge in [0, 0.05) is 6.54 Å². The van der Waals surface area contributed by atoms with Crippen LogP contribution in [-0.4, -0.2) is 27.5 Å². The minimum absolute atomic E-state index is 0.0876. The van der Waals surface area contributed by atoms with Gasteiger partial charge in [0.2, 0.25) is 10.0 Å². The molecule has 0 atom stereocenters. The number of hydrogen-bond acceptors (Lipinski definition) is 6. The molecule has 21 heavy (non-hydrogen) atoms. The van der Waals surface area contributed by atoms with E-state index < -0.39 is 16.0 Å². The first-order chi connectivity index (χ1) is 9.99. The van der Waals surface area contributed by atoms with Crippen LogP contribution in [0.3, 0.4) is 0 Å². The predicted octanol–water partition coefficient (Wildman–Crippen LogP) is 0.272. The van der Waals surface area contributed by atoms with Crippen molar-refractivity contribution in [2.45, 2.75) is 31.2 Å². The van der Waals surface area contributed by atoms with Crippen molar-refractivity contribution in [3.05, 3.63) is 29.8 Å². The van der Waals surface area contributed by atoms with Crippen LogP contribution in [0.2, 0.25) is 0 Å². The summed E-state index contributed by atoms with van der Waals surface area (Å²) >= 11 is 0. The Labute approximate surface area is 124 Å². The number of benzene rings is 1. The van der Waals surface area contributed by atoms with Gasteiger partial charge in [-0.2, -0.15) is 4.72 Å². The zero-order chi connectivity index (χ0) is 15.7. The first-order valence-electron chi connectivity index (χ1n) is 6.67. The first-order valence-corrected chi connectivity index (χ1v) is 8.15. The fourth-order valence-electron chi connectivity index (χ4n) is 1.52. The van der Waals surface area contributed by atoms with Gasteiger partial charge in [0.05, 0.1) is 11.5 Å². The van der Waals surface area contributed by atoms with Crippen LogP contribution in [0.15, 0.2) is 29.2 Å². The standard InChI is InChI=1S/C13H21N3O4S/c1-2-3-8-20-13(17)10-16-21(18,19)12-6-4-11(5-7-12)9-15-14/h4-7,15-16H,2-3,8-10,14H2,1H3. The monoisotopic (exact) mass is 315 g/mol. The molecule has 0 saturated heterocycles. The Hall–Kier alpha value is -1.48. The maximum atomic E-state index is 12.0. The maximum absolute atomic E-state index is 12.0. The Balaban J connectivity index is 2.54.